The van der Waals surface area contributed by atoms with E-state index in [2.05, 4.69) is 104 Å². The third-order valence-corrected chi connectivity index (χ3v) is 23.1. The molecule has 4 aliphatic rings. The van der Waals surface area contributed by atoms with E-state index in [0.29, 0.717) is 72.1 Å². The molecule has 0 N–H and O–H groups in total. The summed E-state index contributed by atoms with van der Waals surface area (Å²) >= 11 is 4.93. The molecule has 4 aliphatic heterocycles. The van der Waals surface area contributed by atoms with E-state index in [1.54, 1.807) is 0 Å². The Morgan fingerprint density at radius 3 is 0.955 bits per heavy atom. The predicted octanol–water partition coefficient (Wildman–Crippen LogP) is 16.7. The third kappa shape index (κ3) is 21.6. The van der Waals surface area contributed by atoms with Gasteiger partial charge in [0.15, 0.2) is 0 Å². The van der Waals surface area contributed by atoms with Gasteiger partial charge in [-0.05, 0) is 68.5 Å². The normalized spacial score (nSPS) is 25.1. The van der Waals surface area contributed by atoms with E-state index in [1.807, 2.05) is 255 Å². The Morgan fingerprint density at radius 1 is 0.357 bits per heavy atom. The first-order valence-electron chi connectivity index (χ1n) is 38.6. The summed E-state index contributed by atoms with van der Waals surface area (Å²) in [5.74, 6) is -0.761. The molecule has 10 aromatic rings. The molecule has 16 nitrogen and oxygen atoms in total. The molecule has 584 valence electrons. The quantitative estimate of drug-likeness (QED) is 0.0218. The molecule has 10 aromatic carbocycles. The van der Waals surface area contributed by atoms with Crippen molar-refractivity contribution in [3.8, 4) is 0 Å². The highest BCUT2D eigenvalue weighted by molar-refractivity contribution is 14.1. The number of carbonyl (C=O) groups is 2. The molecule has 0 aromatic heterocycles. The number of ether oxygens (including phenoxy) is 12. The minimum atomic E-state index is -1.21. The molecule has 14 rings (SSSR count). The first kappa shape index (κ1) is 82.1. The maximum absolute atomic E-state index is 14.4. The number of rotatable bonds is 33. The van der Waals surface area contributed by atoms with E-state index in [0.717, 1.165) is 60.1 Å². The van der Waals surface area contributed by atoms with Gasteiger partial charge in [0.1, 0.15) is 72.1 Å². The maximum atomic E-state index is 14.4. The average Bonchev–Trinajstić information content (AvgIpc) is 1.73. The minimum absolute atomic E-state index is 0.0369. The fourth-order valence-electron chi connectivity index (χ4n) is 16.1. The van der Waals surface area contributed by atoms with E-state index < -0.39 is 72.1 Å². The summed E-state index contributed by atoms with van der Waals surface area (Å²) in [6.45, 7) is 4.71. The lowest BCUT2D eigenvalue weighted by Gasteiger charge is -2.59. The molecular formula is C94H100I2N2O14. The molecule has 4 fully saturated rings. The van der Waals surface area contributed by atoms with Gasteiger partial charge in [-0.3, -0.25) is 19.4 Å². The van der Waals surface area contributed by atoms with Crippen LogP contribution in [0.2, 0.25) is 0 Å². The van der Waals surface area contributed by atoms with Crippen molar-refractivity contribution in [2.24, 2.45) is 0 Å². The molecule has 2 spiro atoms. The fourth-order valence-corrected chi connectivity index (χ4v) is 18.1. The van der Waals surface area contributed by atoms with E-state index in [9.17, 15) is 9.59 Å². The van der Waals surface area contributed by atoms with Gasteiger partial charge in [-0.1, -0.05) is 349 Å². The maximum Gasteiger partial charge on any atom is 0.326 e. The molecule has 0 amide bonds. The largest absolute Gasteiger partial charge is 0.468 e. The van der Waals surface area contributed by atoms with Crippen LogP contribution >= 0.6 is 45.2 Å². The fraction of sp³-hybridized carbons (Fsp3) is 0.340. The number of esters is 2. The van der Waals surface area contributed by atoms with Crippen molar-refractivity contribution in [2.75, 3.05) is 38.4 Å². The molecule has 14 atom stereocenters. The highest BCUT2D eigenvalue weighted by atomic mass is 127. The van der Waals surface area contributed by atoms with Crippen LogP contribution in [0.25, 0.3) is 0 Å². The van der Waals surface area contributed by atoms with Gasteiger partial charge in [0.25, 0.3) is 0 Å². The number of carbonyl (C=O) groups excluding carboxylic acids is 2. The average molecular weight is 1740 g/mol. The van der Waals surface area contributed by atoms with Crippen LogP contribution in [0.1, 0.15) is 68.5 Å². The van der Waals surface area contributed by atoms with Crippen molar-refractivity contribution in [2.45, 2.75) is 161 Å². The summed E-state index contributed by atoms with van der Waals surface area (Å²) in [4.78, 5) is 33.3. The lowest BCUT2D eigenvalue weighted by Crippen LogP contribution is -2.77. The molecule has 112 heavy (non-hydrogen) atoms. The third-order valence-electron chi connectivity index (χ3n) is 21.2. The van der Waals surface area contributed by atoms with Gasteiger partial charge in [-0.25, -0.2) is 0 Å². The van der Waals surface area contributed by atoms with Crippen molar-refractivity contribution >= 4 is 57.1 Å². The molecule has 0 radical (unpaired) electrons. The molecule has 6 unspecified atom stereocenters. The second-order valence-electron chi connectivity index (χ2n) is 28.9. The SMILES string of the molecule is COC(=O)[C@@H]1N(Cc2ccccc2)C(CI)C[C@]12OC(COCc1ccccc1)[C@H](OCc1ccccc1)[C@@H](OCc1ccccc1)C2OCc1ccccc1.COC(=O)[C@@H]1N(Cc2ccccc2)CC(I)C[C@]12OC(COCc1ccccc1)[C@H](OCc1ccccc1)[C@@H](OCc1ccccc1)C2OCc1ccccc1. The Kier molecular flexibility index (Phi) is 30.8. The van der Waals surface area contributed by atoms with E-state index in [1.165, 1.54) is 14.2 Å². The van der Waals surface area contributed by atoms with Crippen molar-refractivity contribution in [1.29, 1.82) is 0 Å². The predicted molar refractivity (Wildman–Crippen MR) is 448 cm³/mol. The first-order chi connectivity index (χ1) is 55.1. The van der Waals surface area contributed by atoms with E-state index >= 15 is 0 Å². The number of methoxy groups -OCH3 is 2. The standard InChI is InChI=1S/2C47H50INO7/c1-51-46(50)44-47(27-40(28-48)49(44)29-35-17-7-2-8-18-35)45(55-33-39-25-15-6-16-26-39)43(54-32-38-23-13-5-14-24-38)42(53-31-37-21-11-4-12-22-37)41(56-47)34-52-30-36-19-9-3-10-20-36;1-51-46(50)44-47(27-40(48)29-49(44)28-35-17-7-2-8-18-35)45(55-33-39-25-15-6-16-26-39)43(54-32-38-23-13-5-14-24-38)42(53-31-37-21-11-4-12-22-37)41(56-47)34-52-30-36-19-9-3-10-20-36/h2*2-26,40-45H,27-34H2,1H3/t2*40?,41?,42-,43+,44-,45?,47-/m00/s1. The van der Waals surface area contributed by atoms with Gasteiger partial charge < -0.3 is 56.8 Å². The lowest BCUT2D eigenvalue weighted by molar-refractivity contribution is -0.326. The summed E-state index contributed by atoms with van der Waals surface area (Å²) in [5.41, 5.74) is 7.93. The van der Waals surface area contributed by atoms with Gasteiger partial charge in [0.2, 0.25) is 0 Å². The van der Waals surface area contributed by atoms with Crippen LogP contribution in [0.5, 0.6) is 0 Å². The Morgan fingerprint density at radius 2 is 0.634 bits per heavy atom. The summed E-state index contributed by atoms with van der Waals surface area (Å²) in [6.07, 6.45) is -4.32. The van der Waals surface area contributed by atoms with Crippen LogP contribution in [0.4, 0.5) is 0 Å². The number of likely N-dealkylation sites (tertiary alicyclic amines) is 2. The van der Waals surface area contributed by atoms with Crippen molar-refractivity contribution < 1.29 is 66.4 Å². The Labute approximate surface area is 686 Å². The zero-order chi connectivity index (χ0) is 77.2. The Bertz CT molecular complexity index is 4360. The summed E-state index contributed by atoms with van der Waals surface area (Å²) < 4.78 is 82.5. The molecule has 18 heteroatoms. The topological polar surface area (TPSA) is 151 Å². The zero-order valence-electron chi connectivity index (χ0n) is 63.5. The Balaban J connectivity index is 0.000000196. The second kappa shape index (κ2) is 41.9. The van der Waals surface area contributed by atoms with E-state index in [4.69, 9.17) is 56.8 Å². The summed E-state index contributed by atoms with van der Waals surface area (Å²) in [6, 6.07) is 99.5. The molecule has 4 saturated heterocycles. The monoisotopic (exact) mass is 1730 g/mol. The molecule has 4 heterocycles. The van der Waals surface area contributed by atoms with Crippen LogP contribution in [-0.2, 0) is 132 Å². The number of benzene rings is 10. The number of alkyl halides is 2. The number of piperidine rings is 1. The molecular weight excluding hydrogens is 1630 g/mol. The number of hydrogen-bond acceptors (Lipinski definition) is 16. The molecule has 0 bridgehead atoms. The highest BCUT2D eigenvalue weighted by Crippen LogP contribution is 2.51. The summed E-state index contributed by atoms with van der Waals surface area (Å²) in [5, 5.41) is 0. The van der Waals surface area contributed by atoms with Crippen LogP contribution in [0, 0.1) is 0 Å². The second-order valence-corrected chi connectivity index (χ2v) is 31.6. The minimum Gasteiger partial charge on any atom is -0.468 e. The first-order valence-corrected chi connectivity index (χ1v) is 41.3. The Hall–Kier alpha value is -7.88. The van der Waals surface area contributed by atoms with Crippen LogP contribution < -0.4 is 0 Å². The lowest BCUT2D eigenvalue weighted by atomic mass is 9.73. The van der Waals surface area contributed by atoms with Crippen LogP contribution in [0.15, 0.2) is 303 Å². The van der Waals surface area contributed by atoms with E-state index in [-0.39, 0.29) is 48.3 Å². The van der Waals surface area contributed by atoms with Crippen molar-refractivity contribution in [3.63, 3.8) is 0 Å². The molecule has 0 aliphatic carbocycles. The van der Waals surface area contributed by atoms with Gasteiger partial charge in [-0.2, -0.15) is 0 Å². The zero-order valence-corrected chi connectivity index (χ0v) is 67.8. The van der Waals surface area contributed by atoms with Crippen LogP contribution in [0.3, 0.4) is 0 Å². The van der Waals surface area contributed by atoms with Gasteiger partial charge in [0, 0.05) is 34.0 Å². The van der Waals surface area contributed by atoms with Gasteiger partial charge in [0.05, 0.1) is 80.3 Å². The van der Waals surface area contributed by atoms with Crippen molar-refractivity contribution in [3.05, 3.63) is 359 Å². The van der Waals surface area contributed by atoms with Crippen LogP contribution in [-0.4, -0.2) is 142 Å². The molecule has 0 saturated carbocycles. The van der Waals surface area contributed by atoms with Gasteiger partial charge >= 0.3 is 11.9 Å². The smallest absolute Gasteiger partial charge is 0.326 e. The van der Waals surface area contributed by atoms with Crippen molar-refractivity contribution in [1.82, 2.24) is 9.80 Å². The highest BCUT2D eigenvalue weighted by Gasteiger charge is 2.69. The number of halogens is 2. The number of nitrogens with zero attached hydrogens (tertiary/aromatic N) is 2. The van der Waals surface area contributed by atoms with Gasteiger partial charge in [-0.15, -0.1) is 0 Å². The number of hydrogen-bond donors (Lipinski definition) is 0. The summed E-state index contributed by atoms with van der Waals surface area (Å²) in [7, 11) is 2.90.